The molecule has 32 heavy (non-hydrogen) atoms. The highest BCUT2D eigenvalue weighted by Gasteiger charge is 2.28. The molecule has 0 bridgehead atoms. The number of carbonyl (C=O) groups is 1. The van der Waals surface area contributed by atoms with Gasteiger partial charge in [0.2, 0.25) is 0 Å². The van der Waals surface area contributed by atoms with Crippen molar-refractivity contribution in [2.24, 2.45) is 0 Å². The molecule has 1 atom stereocenters. The monoisotopic (exact) mass is 459 g/mol. The highest BCUT2D eigenvalue weighted by Crippen LogP contribution is 2.30. The van der Waals surface area contributed by atoms with E-state index < -0.39 is 23.5 Å². The standard InChI is InChI=1S/C24H21ClF3N3O/c25-18-8-6-17(7-9-18)23(16-4-2-1-3-5-16)30-12-14-31(15-13-30)24(32)29-20-11-10-19(26)21(27)22(20)28/h1-11,23H,12-15H2,(H,29,32). The molecule has 0 aromatic heterocycles. The van der Waals surface area contributed by atoms with Gasteiger partial charge in [-0.2, -0.15) is 0 Å². The van der Waals surface area contributed by atoms with Gasteiger partial charge in [-0.15, -0.1) is 0 Å². The molecule has 1 aliphatic heterocycles. The quantitative estimate of drug-likeness (QED) is 0.508. The van der Waals surface area contributed by atoms with Gasteiger partial charge in [-0.1, -0.05) is 54.1 Å². The fourth-order valence-electron chi connectivity index (χ4n) is 3.89. The number of nitrogens with one attached hydrogen (secondary N) is 1. The van der Waals surface area contributed by atoms with E-state index in [4.69, 9.17) is 11.6 Å². The summed E-state index contributed by atoms with van der Waals surface area (Å²) in [6, 6.07) is 19.0. The predicted molar refractivity (Wildman–Crippen MR) is 118 cm³/mol. The zero-order chi connectivity index (χ0) is 22.7. The largest absolute Gasteiger partial charge is 0.322 e. The summed E-state index contributed by atoms with van der Waals surface area (Å²) in [5.74, 6) is -4.33. The molecule has 1 unspecified atom stereocenters. The van der Waals surface area contributed by atoms with Gasteiger partial charge in [0, 0.05) is 31.2 Å². The molecule has 1 saturated heterocycles. The van der Waals surface area contributed by atoms with Crippen LogP contribution in [0.5, 0.6) is 0 Å². The summed E-state index contributed by atoms with van der Waals surface area (Å²) in [5, 5.41) is 2.99. The van der Waals surface area contributed by atoms with Gasteiger partial charge in [0.15, 0.2) is 17.5 Å². The number of carbonyl (C=O) groups excluding carboxylic acids is 1. The van der Waals surface area contributed by atoms with Gasteiger partial charge < -0.3 is 10.2 Å². The molecule has 0 radical (unpaired) electrons. The number of halogens is 4. The van der Waals surface area contributed by atoms with Gasteiger partial charge in [0.05, 0.1) is 11.7 Å². The summed E-state index contributed by atoms with van der Waals surface area (Å²) in [5.41, 5.74) is 1.82. The molecule has 166 valence electrons. The molecule has 0 saturated carbocycles. The molecule has 3 aromatic rings. The van der Waals surface area contributed by atoms with Crippen molar-refractivity contribution in [3.63, 3.8) is 0 Å². The van der Waals surface area contributed by atoms with Crippen molar-refractivity contribution in [3.8, 4) is 0 Å². The summed E-state index contributed by atoms with van der Waals surface area (Å²) in [6.07, 6.45) is 0. The second-order valence-corrected chi connectivity index (χ2v) is 7.98. The topological polar surface area (TPSA) is 35.6 Å². The van der Waals surface area contributed by atoms with E-state index in [1.165, 1.54) is 4.90 Å². The molecule has 0 spiro atoms. The van der Waals surface area contributed by atoms with Crippen LogP contribution in [0.1, 0.15) is 17.2 Å². The first-order chi connectivity index (χ1) is 15.4. The van der Waals surface area contributed by atoms with E-state index in [2.05, 4.69) is 22.3 Å². The average Bonchev–Trinajstić information content (AvgIpc) is 2.82. The number of nitrogens with zero attached hydrogens (tertiary/aromatic N) is 2. The minimum absolute atomic E-state index is 0.0117. The van der Waals surface area contributed by atoms with Gasteiger partial charge in [-0.25, -0.2) is 18.0 Å². The van der Waals surface area contributed by atoms with Crippen LogP contribution in [0.2, 0.25) is 5.02 Å². The third kappa shape index (κ3) is 4.74. The number of urea groups is 1. The molecule has 0 aliphatic carbocycles. The van der Waals surface area contributed by atoms with Crippen molar-refractivity contribution in [1.82, 2.24) is 9.80 Å². The Bertz CT molecular complexity index is 1090. The summed E-state index contributed by atoms with van der Waals surface area (Å²) in [4.78, 5) is 16.4. The lowest BCUT2D eigenvalue weighted by Gasteiger charge is -2.39. The van der Waals surface area contributed by atoms with Crippen molar-refractivity contribution >= 4 is 23.3 Å². The predicted octanol–water partition coefficient (Wildman–Crippen LogP) is 5.70. The minimum Gasteiger partial charge on any atom is -0.322 e. The van der Waals surface area contributed by atoms with Crippen LogP contribution in [0.3, 0.4) is 0 Å². The van der Waals surface area contributed by atoms with Gasteiger partial charge >= 0.3 is 6.03 Å². The maximum absolute atomic E-state index is 13.9. The Hall–Kier alpha value is -3.03. The first-order valence-corrected chi connectivity index (χ1v) is 10.6. The van der Waals surface area contributed by atoms with Crippen molar-refractivity contribution in [1.29, 1.82) is 0 Å². The van der Waals surface area contributed by atoms with Crippen molar-refractivity contribution in [3.05, 3.63) is 100 Å². The minimum atomic E-state index is -1.61. The summed E-state index contributed by atoms with van der Waals surface area (Å²) < 4.78 is 40.5. The smallest absolute Gasteiger partial charge is 0.322 e. The Labute approximate surface area is 189 Å². The van der Waals surface area contributed by atoms with Crippen LogP contribution in [0, 0.1) is 17.5 Å². The first kappa shape index (κ1) is 22.2. The van der Waals surface area contributed by atoms with Crippen molar-refractivity contribution in [2.45, 2.75) is 6.04 Å². The first-order valence-electron chi connectivity index (χ1n) is 10.2. The molecular formula is C24H21ClF3N3O. The Morgan fingerprint density at radius 1 is 0.812 bits per heavy atom. The Kier molecular flexibility index (Phi) is 6.67. The lowest BCUT2D eigenvalue weighted by atomic mass is 9.96. The van der Waals surface area contributed by atoms with Gasteiger partial charge in [-0.3, -0.25) is 4.90 Å². The molecule has 8 heteroatoms. The number of anilines is 1. The SMILES string of the molecule is O=C(Nc1ccc(F)c(F)c1F)N1CCN(C(c2ccccc2)c2ccc(Cl)cc2)CC1. The Morgan fingerprint density at radius 2 is 1.44 bits per heavy atom. The second kappa shape index (κ2) is 9.63. The Balaban J connectivity index is 1.47. The van der Waals surface area contributed by atoms with Crippen LogP contribution < -0.4 is 5.32 Å². The molecule has 1 heterocycles. The number of rotatable bonds is 4. The number of hydrogen-bond donors (Lipinski definition) is 1. The molecule has 4 rings (SSSR count). The van der Waals surface area contributed by atoms with E-state index >= 15 is 0 Å². The molecule has 1 aliphatic rings. The fourth-order valence-corrected chi connectivity index (χ4v) is 4.02. The molecule has 1 fully saturated rings. The number of amides is 2. The third-order valence-electron chi connectivity index (χ3n) is 5.54. The van der Waals surface area contributed by atoms with Crippen LogP contribution in [-0.4, -0.2) is 42.0 Å². The van der Waals surface area contributed by atoms with Crippen LogP contribution in [-0.2, 0) is 0 Å². The number of benzene rings is 3. The average molecular weight is 460 g/mol. The van der Waals surface area contributed by atoms with Crippen LogP contribution in [0.25, 0.3) is 0 Å². The maximum Gasteiger partial charge on any atom is 0.322 e. The summed E-state index contributed by atoms with van der Waals surface area (Å²) in [6.45, 7) is 1.95. The molecule has 3 aromatic carbocycles. The van der Waals surface area contributed by atoms with E-state index in [9.17, 15) is 18.0 Å². The lowest BCUT2D eigenvalue weighted by molar-refractivity contribution is 0.126. The zero-order valence-electron chi connectivity index (χ0n) is 17.1. The van der Waals surface area contributed by atoms with E-state index in [1.807, 2.05) is 42.5 Å². The van der Waals surface area contributed by atoms with Gasteiger partial charge in [0.1, 0.15) is 0 Å². The van der Waals surface area contributed by atoms with Crippen molar-refractivity contribution < 1.29 is 18.0 Å². The third-order valence-corrected chi connectivity index (χ3v) is 5.80. The highest BCUT2D eigenvalue weighted by atomic mass is 35.5. The Morgan fingerprint density at radius 3 is 2.09 bits per heavy atom. The lowest BCUT2D eigenvalue weighted by Crippen LogP contribution is -2.51. The maximum atomic E-state index is 13.9. The van der Waals surface area contributed by atoms with Crippen LogP contribution >= 0.6 is 11.6 Å². The zero-order valence-corrected chi connectivity index (χ0v) is 17.8. The molecule has 1 N–H and O–H groups in total. The van der Waals surface area contributed by atoms with Crippen molar-refractivity contribution in [2.75, 3.05) is 31.5 Å². The second-order valence-electron chi connectivity index (χ2n) is 7.54. The normalized spacial score (nSPS) is 15.4. The fraction of sp³-hybridized carbons (Fsp3) is 0.208. The molecule has 4 nitrogen and oxygen atoms in total. The van der Waals surface area contributed by atoms with E-state index in [0.717, 1.165) is 23.3 Å². The molecular weight excluding hydrogens is 439 g/mol. The van der Waals surface area contributed by atoms with E-state index in [0.29, 0.717) is 31.2 Å². The van der Waals surface area contributed by atoms with Gasteiger partial charge in [-0.05, 0) is 35.4 Å². The van der Waals surface area contributed by atoms with E-state index in [1.54, 1.807) is 0 Å². The van der Waals surface area contributed by atoms with Crippen LogP contribution in [0.15, 0.2) is 66.7 Å². The number of hydrogen-bond acceptors (Lipinski definition) is 2. The number of piperazine rings is 1. The summed E-state index contributed by atoms with van der Waals surface area (Å²) in [7, 11) is 0. The molecule has 2 amide bonds. The van der Waals surface area contributed by atoms with Gasteiger partial charge in [0.25, 0.3) is 0 Å². The highest BCUT2D eigenvalue weighted by molar-refractivity contribution is 6.30. The van der Waals surface area contributed by atoms with E-state index in [-0.39, 0.29) is 11.7 Å². The summed E-state index contributed by atoms with van der Waals surface area (Å²) >= 11 is 6.06. The van der Waals surface area contributed by atoms with Crippen LogP contribution in [0.4, 0.5) is 23.7 Å².